The van der Waals surface area contributed by atoms with E-state index in [1.807, 2.05) is 30.3 Å². The second-order valence-electron chi connectivity index (χ2n) is 7.02. The highest BCUT2D eigenvalue weighted by Gasteiger charge is 2.19. The summed E-state index contributed by atoms with van der Waals surface area (Å²) >= 11 is 6.25. The van der Waals surface area contributed by atoms with Gasteiger partial charge in [-0.15, -0.1) is 0 Å². The Bertz CT molecular complexity index is 882. The number of amides is 1. The number of benzene rings is 2. The Balaban J connectivity index is 1.44. The third-order valence-corrected chi connectivity index (χ3v) is 5.38. The van der Waals surface area contributed by atoms with Gasteiger partial charge in [0.15, 0.2) is 11.5 Å². The lowest BCUT2D eigenvalue weighted by Gasteiger charge is -2.34. The number of para-hydroxylation sites is 1. The van der Waals surface area contributed by atoms with Crippen LogP contribution < -0.4 is 14.9 Å². The molecule has 1 aliphatic heterocycles. The van der Waals surface area contributed by atoms with Crippen LogP contribution in [0.25, 0.3) is 0 Å². The van der Waals surface area contributed by atoms with E-state index >= 15 is 0 Å². The maximum atomic E-state index is 12.2. The normalized spacial score (nSPS) is 15.3. The van der Waals surface area contributed by atoms with Crippen LogP contribution in [0.2, 0.25) is 5.02 Å². The van der Waals surface area contributed by atoms with Crippen molar-refractivity contribution in [2.45, 2.75) is 6.54 Å². The number of hydrogen-bond donors (Lipinski definition) is 1. The van der Waals surface area contributed by atoms with Crippen molar-refractivity contribution in [3.05, 3.63) is 58.6 Å². The average molecular weight is 431 g/mol. The van der Waals surface area contributed by atoms with E-state index < -0.39 is 0 Å². The van der Waals surface area contributed by atoms with Crippen LogP contribution in [0.3, 0.4) is 0 Å². The fraction of sp³-hybridized carbons (Fsp3) is 0.364. The van der Waals surface area contributed by atoms with E-state index in [0.29, 0.717) is 18.0 Å². The van der Waals surface area contributed by atoms with Crippen LogP contribution in [0.1, 0.15) is 11.1 Å². The molecule has 160 valence electrons. The molecule has 0 radical (unpaired) electrons. The van der Waals surface area contributed by atoms with Crippen molar-refractivity contribution < 1.29 is 14.3 Å². The van der Waals surface area contributed by atoms with Crippen molar-refractivity contribution >= 4 is 23.7 Å². The van der Waals surface area contributed by atoms with Gasteiger partial charge in [0.2, 0.25) is 0 Å². The van der Waals surface area contributed by atoms with Crippen LogP contribution in [0.5, 0.6) is 11.5 Å². The summed E-state index contributed by atoms with van der Waals surface area (Å²) in [5.41, 5.74) is 4.45. The van der Waals surface area contributed by atoms with Gasteiger partial charge in [-0.25, -0.2) is 5.43 Å². The third-order valence-electron chi connectivity index (χ3n) is 5.01. The number of methoxy groups -OCH3 is 2. The number of hydrogen-bond acceptors (Lipinski definition) is 6. The molecule has 1 heterocycles. The topological polar surface area (TPSA) is 66.4 Å². The largest absolute Gasteiger partial charge is 0.493 e. The lowest BCUT2D eigenvalue weighted by Crippen LogP contribution is -2.48. The summed E-state index contributed by atoms with van der Waals surface area (Å²) in [6, 6.07) is 13.4. The molecule has 7 nitrogen and oxygen atoms in total. The summed E-state index contributed by atoms with van der Waals surface area (Å²) < 4.78 is 10.6. The van der Waals surface area contributed by atoms with Gasteiger partial charge in [0.05, 0.1) is 27.0 Å². The van der Waals surface area contributed by atoms with Gasteiger partial charge in [0.1, 0.15) is 0 Å². The second kappa shape index (κ2) is 11.0. The number of piperazine rings is 1. The lowest BCUT2D eigenvalue weighted by atomic mass is 10.2. The van der Waals surface area contributed by atoms with Gasteiger partial charge < -0.3 is 9.47 Å². The zero-order chi connectivity index (χ0) is 21.3. The number of carbonyl (C=O) groups excluding carboxylic acids is 1. The van der Waals surface area contributed by atoms with E-state index in [1.54, 1.807) is 26.5 Å². The number of carbonyl (C=O) groups is 1. The number of rotatable bonds is 8. The standard InChI is InChI=1S/C22H27ClN4O3/c1-29-20-9-5-7-17(22(20)30-2)14-24-25-21(28)16-27-12-10-26(11-13-27)15-18-6-3-4-8-19(18)23/h3-9,14H,10-13,15-16H2,1-2H3,(H,25,28). The SMILES string of the molecule is COc1cccc(C=NNC(=O)CN2CCN(Cc3ccccc3Cl)CC2)c1OC. The molecule has 0 unspecified atom stereocenters. The molecule has 1 aliphatic rings. The molecule has 0 aliphatic carbocycles. The molecular weight excluding hydrogens is 404 g/mol. The van der Waals surface area contributed by atoms with Gasteiger partial charge >= 0.3 is 0 Å². The first-order valence-corrected chi connectivity index (χ1v) is 10.2. The monoisotopic (exact) mass is 430 g/mol. The highest BCUT2D eigenvalue weighted by Crippen LogP contribution is 2.29. The first-order chi connectivity index (χ1) is 14.6. The fourth-order valence-corrected chi connectivity index (χ4v) is 3.59. The third kappa shape index (κ3) is 5.95. The molecule has 30 heavy (non-hydrogen) atoms. The van der Waals surface area contributed by atoms with Crippen molar-refractivity contribution in [1.29, 1.82) is 0 Å². The van der Waals surface area contributed by atoms with Gasteiger partial charge in [-0.05, 0) is 23.8 Å². The molecule has 3 rings (SSSR count). The highest BCUT2D eigenvalue weighted by atomic mass is 35.5. The van der Waals surface area contributed by atoms with E-state index in [-0.39, 0.29) is 5.91 Å². The minimum absolute atomic E-state index is 0.146. The van der Waals surface area contributed by atoms with Crippen molar-refractivity contribution in [2.75, 3.05) is 46.9 Å². The average Bonchev–Trinajstić information content (AvgIpc) is 2.76. The first kappa shape index (κ1) is 22.1. The Morgan fingerprint density at radius 1 is 1.07 bits per heavy atom. The molecule has 0 spiro atoms. The molecule has 1 fully saturated rings. The molecule has 8 heteroatoms. The Morgan fingerprint density at radius 3 is 2.50 bits per heavy atom. The molecule has 1 N–H and O–H groups in total. The van der Waals surface area contributed by atoms with E-state index in [1.165, 1.54) is 0 Å². The van der Waals surface area contributed by atoms with Gasteiger partial charge in [0, 0.05) is 43.3 Å². The smallest absolute Gasteiger partial charge is 0.254 e. The Labute approximate surface area is 182 Å². The molecular formula is C22H27ClN4O3. The van der Waals surface area contributed by atoms with Crippen LogP contribution in [-0.2, 0) is 11.3 Å². The van der Waals surface area contributed by atoms with Crippen LogP contribution in [0.4, 0.5) is 0 Å². The summed E-state index contributed by atoms with van der Waals surface area (Å²) in [4.78, 5) is 16.7. The molecule has 0 bridgehead atoms. The Morgan fingerprint density at radius 2 is 1.80 bits per heavy atom. The van der Waals surface area contributed by atoms with Crippen LogP contribution in [0, 0.1) is 0 Å². The predicted octanol–water partition coefficient (Wildman–Crippen LogP) is 2.63. The minimum Gasteiger partial charge on any atom is -0.493 e. The Hall–Kier alpha value is -2.61. The van der Waals surface area contributed by atoms with Crippen LogP contribution >= 0.6 is 11.6 Å². The number of hydrazone groups is 1. The fourth-order valence-electron chi connectivity index (χ4n) is 3.40. The summed E-state index contributed by atoms with van der Waals surface area (Å²) in [6.45, 7) is 4.57. The van der Waals surface area contributed by atoms with Crippen molar-refractivity contribution in [1.82, 2.24) is 15.2 Å². The molecule has 0 saturated carbocycles. The van der Waals surface area contributed by atoms with E-state index in [0.717, 1.165) is 48.9 Å². The van der Waals surface area contributed by atoms with Gasteiger partial charge in [-0.1, -0.05) is 35.9 Å². The molecule has 1 saturated heterocycles. The number of ether oxygens (including phenoxy) is 2. The molecule has 2 aromatic carbocycles. The minimum atomic E-state index is -0.146. The van der Waals surface area contributed by atoms with Gasteiger partial charge in [-0.2, -0.15) is 5.10 Å². The highest BCUT2D eigenvalue weighted by molar-refractivity contribution is 6.31. The number of halogens is 1. The quantitative estimate of drug-likeness (QED) is 0.515. The van der Waals surface area contributed by atoms with Crippen molar-refractivity contribution in [2.24, 2.45) is 5.10 Å². The first-order valence-electron chi connectivity index (χ1n) is 9.81. The second-order valence-corrected chi connectivity index (χ2v) is 7.43. The molecule has 0 atom stereocenters. The molecule has 2 aromatic rings. The molecule has 0 aromatic heterocycles. The Kier molecular flexibility index (Phi) is 8.07. The summed E-state index contributed by atoms with van der Waals surface area (Å²) in [6.07, 6.45) is 1.56. The van der Waals surface area contributed by atoms with E-state index in [4.69, 9.17) is 21.1 Å². The van der Waals surface area contributed by atoms with Crippen molar-refractivity contribution in [3.63, 3.8) is 0 Å². The number of nitrogens with zero attached hydrogens (tertiary/aromatic N) is 3. The summed E-state index contributed by atoms with van der Waals surface area (Å²) in [5, 5.41) is 4.86. The van der Waals surface area contributed by atoms with E-state index in [9.17, 15) is 4.79 Å². The van der Waals surface area contributed by atoms with E-state index in [2.05, 4.69) is 26.4 Å². The molecule has 1 amide bonds. The van der Waals surface area contributed by atoms with Crippen LogP contribution in [-0.4, -0.2) is 68.9 Å². The van der Waals surface area contributed by atoms with Gasteiger partial charge in [-0.3, -0.25) is 14.6 Å². The predicted molar refractivity (Wildman–Crippen MR) is 118 cm³/mol. The summed E-state index contributed by atoms with van der Waals surface area (Å²) in [5.74, 6) is 1.04. The number of nitrogens with one attached hydrogen (secondary N) is 1. The summed E-state index contributed by atoms with van der Waals surface area (Å²) in [7, 11) is 3.15. The lowest BCUT2D eigenvalue weighted by molar-refractivity contribution is -0.122. The van der Waals surface area contributed by atoms with Crippen LogP contribution in [0.15, 0.2) is 47.6 Å². The van der Waals surface area contributed by atoms with Crippen molar-refractivity contribution in [3.8, 4) is 11.5 Å². The zero-order valence-corrected chi connectivity index (χ0v) is 18.1. The van der Waals surface area contributed by atoms with Gasteiger partial charge in [0.25, 0.3) is 5.91 Å². The maximum absolute atomic E-state index is 12.2. The zero-order valence-electron chi connectivity index (χ0n) is 17.3. The maximum Gasteiger partial charge on any atom is 0.254 e.